The van der Waals surface area contributed by atoms with Gasteiger partial charge in [-0.25, -0.2) is 4.98 Å². The number of nitrogen functional groups attached to an aromatic ring is 1. The molecule has 0 fully saturated rings. The minimum absolute atomic E-state index is 0.428. The molecule has 0 amide bonds. The number of benzene rings is 2. The molecule has 2 N–H and O–H groups in total. The SMILES string of the molecule is N#Cc1ccc(Cn2c(N)nc3c(Cl)cccc32)cc1. The molecular weight excluding hydrogens is 272 g/mol. The zero-order valence-corrected chi connectivity index (χ0v) is 11.3. The lowest BCUT2D eigenvalue weighted by Gasteiger charge is -2.06. The van der Waals surface area contributed by atoms with E-state index < -0.39 is 0 Å². The fraction of sp³-hybridized carbons (Fsp3) is 0.0667. The first-order valence-corrected chi connectivity index (χ1v) is 6.46. The first kappa shape index (κ1) is 12.5. The van der Waals surface area contributed by atoms with Gasteiger partial charge in [-0.1, -0.05) is 29.8 Å². The van der Waals surface area contributed by atoms with Crippen molar-refractivity contribution in [2.24, 2.45) is 0 Å². The molecule has 0 bridgehead atoms. The summed E-state index contributed by atoms with van der Waals surface area (Å²) >= 11 is 6.12. The summed E-state index contributed by atoms with van der Waals surface area (Å²) in [7, 11) is 0. The van der Waals surface area contributed by atoms with Crippen LogP contribution in [0.1, 0.15) is 11.1 Å². The number of anilines is 1. The Hall–Kier alpha value is -2.51. The molecule has 4 nitrogen and oxygen atoms in total. The maximum atomic E-state index is 8.80. The lowest BCUT2D eigenvalue weighted by molar-refractivity contribution is 0.838. The third-order valence-electron chi connectivity index (χ3n) is 3.18. The molecule has 0 saturated heterocycles. The Morgan fingerprint density at radius 3 is 2.65 bits per heavy atom. The molecule has 0 aliphatic carbocycles. The zero-order chi connectivity index (χ0) is 14.1. The van der Waals surface area contributed by atoms with Crippen molar-refractivity contribution in [1.82, 2.24) is 9.55 Å². The van der Waals surface area contributed by atoms with Gasteiger partial charge < -0.3 is 10.3 Å². The van der Waals surface area contributed by atoms with Gasteiger partial charge in [-0.05, 0) is 29.8 Å². The summed E-state index contributed by atoms with van der Waals surface area (Å²) in [6, 6.07) is 15.1. The maximum Gasteiger partial charge on any atom is 0.201 e. The fourth-order valence-electron chi connectivity index (χ4n) is 2.16. The van der Waals surface area contributed by atoms with Gasteiger partial charge in [-0.3, -0.25) is 0 Å². The van der Waals surface area contributed by atoms with E-state index in [-0.39, 0.29) is 0 Å². The average molecular weight is 283 g/mol. The van der Waals surface area contributed by atoms with E-state index in [1.165, 1.54) is 0 Å². The molecule has 3 aromatic rings. The topological polar surface area (TPSA) is 67.6 Å². The van der Waals surface area contributed by atoms with Crippen LogP contribution in [0.4, 0.5) is 5.95 Å². The van der Waals surface area contributed by atoms with Crippen LogP contribution >= 0.6 is 11.6 Å². The molecule has 0 saturated carbocycles. The van der Waals surface area contributed by atoms with Gasteiger partial charge in [0.1, 0.15) is 5.52 Å². The molecule has 1 heterocycles. The summed E-state index contributed by atoms with van der Waals surface area (Å²) in [4.78, 5) is 4.30. The Bertz CT molecular complexity index is 812. The molecule has 0 aliphatic heterocycles. The molecule has 0 atom stereocenters. The number of para-hydroxylation sites is 1. The number of fused-ring (bicyclic) bond motifs is 1. The molecule has 5 heteroatoms. The number of nitrogens with two attached hydrogens (primary N) is 1. The van der Waals surface area contributed by atoms with Gasteiger partial charge in [0, 0.05) is 0 Å². The van der Waals surface area contributed by atoms with Crippen molar-refractivity contribution in [3.63, 3.8) is 0 Å². The van der Waals surface area contributed by atoms with Crippen LogP contribution in [0.25, 0.3) is 11.0 Å². The van der Waals surface area contributed by atoms with Crippen molar-refractivity contribution in [1.29, 1.82) is 5.26 Å². The molecule has 20 heavy (non-hydrogen) atoms. The van der Waals surface area contributed by atoms with Gasteiger partial charge >= 0.3 is 0 Å². The average Bonchev–Trinajstić information content (AvgIpc) is 2.78. The quantitative estimate of drug-likeness (QED) is 0.785. The number of rotatable bonds is 2. The molecular formula is C15H11ClN4. The number of hydrogen-bond acceptors (Lipinski definition) is 3. The predicted molar refractivity (Wildman–Crippen MR) is 79.4 cm³/mol. The van der Waals surface area contributed by atoms with E-state index in [4.69, 9.17) is 22.6 Å². The summed E-state index contributed by atoms with van der Waals surface area (Å²) in [5, 5.41) is 9.39. The maximum absolute atomic E-state index is 8.80. The number of halogens is 1. The predicted octanol–water partition coefficient (Wildman–Crippen LogP) is 3.19. The summed E-state index contributed by atoms with van der Waals surface area (Å²) in [5.74, 6) is 0.428. The van der Waals surface area contributed by atoms with Gasteiger partial charge in [0.25, 0.3) is 0 Å². The van der Waals surface area contributed by atoms with Crippen molar-refractivity contribution < 1.29 is 0 Å². The normalized spacial score (nSPS) is 10.6. The van der Waals surface area contributed by atoms with Crippen LogP contribution in [0, 0.1) is 11.3 Å². The third kappa shape index (κ3) is 2.09. The van der Waals surface area contributed by atoms with Crippen molar-refractivity contribution in [3.05, 3.63) is 58.6 Å². The number of aromatic nitrogens is 2. The molecule has 2 aromatic carbocycles. The lowest BCUT2D eigenvalue weighted by atomic mass is 10.1. The molecule has 1 aromatic heterocycles. The Labute approximate surface area is 121 Å². The fourth-order valence-corrected chi connectivity index (χ4v) is 2.38. The number of hydrogen-bond donors (Lipinski definition) is 1. The van der Waals surface area contributed by atoms with Crippen LogP contribution in [-0.4, -0.2) is 9.55 Å². The smallest absolute Gasteiger partial charge is 0.201 e. The standard InChI is InChI=1S/C15H11ClN4/c16-12-2-1-3-13-14(12)19-15(18)20(13)9-11-6-4-10(8-17)5-7-11/h1-7H,9H2,(H2,18,19). The number of nitriles is 1. The molecule has 0 radical (unpaired) electrons. The van der Waals surface area contributed by atoms with E-state index in [9.17, 15) is 0 Å². The van der Waals surface area contributed by atoms with E-state index >= 15 is 0 Å². The van der Waals surface area contributed by atoms with Crippen LogP contribution in [0.3, 0.4) is 0 Å². The minimum atomic E-state index is 0.428. The van der Waals surface area contributed by atoms with E-state index in [0.29, 0.717) is 28.6 Å². The third-order valence-corrected chi connectivity index (χ3v) is 3.49. The second-order valence-electron chi connectivity index (χ2n) is 4.47. The monoisotopic (exact) mass is 282 g/mol. The summed E-state index contributed by atoms with van der Waals surface area (Å²) in [5.41, 5.74) is 9.27. The highest BCUT2D eigenvalue weighted by molar-refractivity contribution is 6.35. The van der Waals surface area contributed by atoms with Crippen molar-refractivity contribution in [3.8, 4) is 6.07 Å². The first-order valence-electron chi connectivity index (χ1n) is 6.08. The van der Waals surface area contributed by atoms with Crippen LogP contribution in [-0.2, 0) is 6.54 Å². The highest BCUT2D eigenvalue weighted by Gasteiger charge is 2.10. The van der Waals surface area contributed by atoms with Gasteiger partial charge in [-0.2, -0.15) is 5.26 Å². The van der Waals surface area contributed by atoms with Gasteiger partial charge in [0.15, 0.2) is 0 Å². The highest BCUT2D eigenvalue weighted by atomic mass is 35.5. The molecule has 0 aliphatic rings. The lowest BCUT2D eigenvalue weighted by Crippen LogP contribution is -2.04. The van der Waals surface area contributed by atoms with E-state index in [2.05, 4.69) is 11.1 Å². The van der Waals surface area contributed by atoms with E-state index in [1.807, 2.05) is 28.8 Å². The zero-order valence-electron chi connectivity index (χ0n) is 10.5. The van der Waals surface area contributed by atoms with Crippen LogP contribution in [0.15, 0.2) is 42.5 Å². The van der Waals surface area contributed by atoms with Gasteiger partial charge in [0.2, 0.25) is 5.95 Å². The van der Waals surface area contributed by atoms with E-state index in [1.54, 1.807) is 18.2 Å². The minimum Gasteiger partial charge on any atom is -0.369 e. The van der Waals surface area contributed by atoms with Crippen molar-refractivity contribution in [2.75, 3.05) is 5.73 Å². The largest absolute Gasteiger partial charge is 0.369 e. The second kappa shape index (κ2) is 4.87. The summed E-state index contributed by atoms with van der Waals surface area (Å²) in [6.45, 7) is 0.592. The number of imidazole rings is 1. The van der Waals surface area contributed by atoms with Crippen LogP contribution in [0.2, 0.25) is 5.02 Å². The Morgan fingerprint density at radius 1 is 1.20 bits per heavy atom. The van der Waals surface area contributed by atoms with Gasteiger partial charge in [-0.15, -0.1) is 0 Å². The number of nitrogens with zero attached hydrogens (tertiary/aromatic N) is 3. The second-order valence-corrected chi connectivity index (χ2v) is 4.88. The van der Waals surface area contributed by atoms with Gasteiger partial charge in [0.05, 0.1) is 28.7 Å². The summed E-state index contributed by atoms with van der Waals surface area (Å²) in [6.07, 6.45) is 0. The molecule has 98 valence electrons. The Kier molecular flexibility index (Phi) is 3.05. The van der Waals surface area contributed by atoms with Crippen LogP contribution in [0.5, 0.6) is 0 Å². The van der Waals surface area contributed by atoms with Crippen LogP contribution < -0.4 is 5.73 Å². The molecule has 0 spiro atoms. The molecule has 3 rings (SSSR count). The Morgan fingerprint density at radius 2 is 1.95 bits per heavy atom. The molecule has 0 unspecified atom stereocenters. The van der Waals surface area contributed by atoms with Crippen molar-refractivity contribution >= 4 is 28.6 Å². The first-order chi connectivity index (χ1) is 9.69. The Balaban J connectivity index is 2.04. The van der Waals surface area contributed by atoms with E-state index in [0.717, 1.165) is 11.1 Å². The highest BCUT2D eigenvalue weighted by Crippen LogP contribution is 2.25. The van der Waals surface area contributed by atoms with Crippen molar-refractivity contribution in [2.45, 2.75) is 6.54 Å². The summed E-state index contributed by atoms with van der Waals surface area (Å²) < 4.78 is 1.91.